The fourth-order valence-corrected chi connectivity index (χ4v) is 3.74. The minimum atomic E-state index is -3.39. The third kappa shape index (κ3) is 3.59. The molecule has 0 saturated carbocycles. The highest BCUT2D eigenvalue weighted by Gasteiger charge is 2.41. The molecule has 0 spiro atoms. The summed E-state index contributed by atoms with van der Waals surface area (Å²) in [5, 5.41) is 0. The first-order valence-electron chi connectivity index (χ1n) is 7.96. The van der Waals surface area contributed by atoms with Gasteiger partial charge in [0, 0.05) is 25.4 Å². The molecule has 0 aromatic carbocycles. The average Bonchev–Trinajstić information content (AvgIpc) is 2.81. The fraction of sp³-hybridized carbons (Fsp3) is 0.933. The molecule has 21 heavy (non-hydrogen) atoms. The van der Waals surface area contributed by atoms with Crippen molar-refractivity contribution in [3.63, 3.8) is 0 Å². The molecule has 1 atom stereocenters. The molecule has 0 bridgehead atoms. The van der Waals surface area contributed by atoms with Gasteiger partial charge in [-0.1, -0.05) is 0 Å². The molecule has 2 aliphatic heterocycles. The van der Waals surface area contributed by atoms with E-state index in [0.717, 1.165) is 25.5 Å². The van der Waals surface area contributed by atoms with Crippen LogP contribution in [0.15, 0.2) is 0 Å². The molecular formula is C15H28N2O3S. The number of hydrogen-bond donors (Lipinski definition) is 0. The highest BCUT2D eigenvalue weighted by atomic mass is 32.2. The van der Waals surface area contributed by atoms with E-state index in [4.69, 9.17) is 0 Å². The van der Waals surface area contributed by atoms with Gasteiger partial charge in [0.2, 0.25) is 5.91 Å². The largest absolute Gasteiger partial charge is 0.341 e. The number of carbonyl (C=O) groups is 1. The molecule has 0 aromatic heterocycles. The van der Waals surface area contributed by atoms with Gasteiger partial charge in [0.05, 0.1) is 0 Å². The maximum Gasteiger partial charge on any atom is 0.243 e. The molecule has 2 fully saturated rings. The molecular weight excluding hydrogens is 288 g/mol. The normalized spacial score (nSPS) is 25.9. The van der Waals surface area contributed by atoms with Gasteiger partial charge in [0.15, 0.2) is 9.84 Å². The van der Waals surface area contributed by atoms with E-state index >= 15 is 0 Å². The maximum atomic E-state index is 12.6. The van der Waals surface area contributed by atoms with Crippen LogP contribution in [0.4, 0.5) is 0 Å². The minimum Gasteiger partial charge on any atom is -0.341 e. The van der Waals surface area contributed by atoms with E-state index in [0.29, 0.717) is 19.1 Å². The van der Waals surface area contributed by atoms with E-state index in [1.54, 1.807) is 4.90 Å². The zero-order valence-electron chi connectivity index (χ0n) is 13.5. The van der Waals surface area contributed by atoms with Gasteiger partial charge in [-0.3, -0.25) is 4.79 Å². The lowest BCUT2D eigenvalue weighted by atomic mass is 10.1. The van der Waals surface area contributed by atoms with Crippen LogP contribution < -0.4 is 0 Å². The van der Waals surface area contributed by atoms with Crippen molar-refractivity contribution in [2.24, 2.45) is 0 Å². The number of rotatable bonds is 3. The van der Waals surface area contributed by atoms with Crippen LogP contribution in [0, 0.1) is 0 Å². The molecule has 122 valence electrons. The summed E-state index contributed by atoms with van der Waals surface area (Å²) in [4.78, 5) is 16.9. The van der Waals surface area contributed by atoms with E-state index in [1.165, 1.54) is 39.8 Å². The van der Waals surface area contributed by atoms with Gasteiger partial charge in [-0.25, -0.2) is 8.42 Å². The number of nitrogens with zero attached hydrogens (tertiary/aromatic N) is 2. The Morgan fingerprint density at radius 1 is 1.00 bits per heavy atom. The lowest BCUT2D eigenvalue weighted by Crippen LogP contribution is -2.50. The van der Waals surface area contributed by atoms with E-state index < -0.39 is 14.6 Å². The van der Waals surface area contributed by atoms with Crippen molar-refractivity contribution in [2.75, 3.05) is 32.4 Å². The number of carbonyl (C=O) groups excluding carboxylic acids is 1. The summed E-state index contributed by atoms with van der Waals surface area (Å²) >= 11 is 0. The SMILES string of the molecule is CC(C)(C(=O)N1CCCC(N2CCCC2)CC1)S(C)(=O)=O. The summed E-state index contributed by atoms with van der Waals surface area (Å²) in [5.74, 6) is -0.243. The topological polar surface area (TPSA) is 57.7 Å². The van der Waals surface area contributed by atoms with E-state index in [1.807, 2.05) is 0 Å². The summed E-state index contributed by atoms with van der Waals surface area (Å²) in [6, 6.07) is 0.562. The Morgan fingerprint density at radius 3 is 2.19 bits per heavy atom. The lowest BCUT2D eigenvalue weighted by molar-refractivity contribution is -0.133. The van der Waals surface area contributed by atoms with Crippen LogP contribution in [0.25, 0.3) is 0 Å². The van der Waals surface area contributed by atoms with E-state index in [9.17, 15) is 13.2 Å². The molecule has 5 nitrogen and oxygen atoms in total. The van der Waals surface area contributed by atoms with E-state index in [-0.39, 0.29) is 5.91 Å². The van der Waals surface area contributed by atoms with Crippen LogP contribution in [-0.4, -0.2) is 67.3 Å². The van der Waals surface area contributed by atoms with Gasteiger partial charge in [0.25, 0.3) is 0 Å². The second-order valence-corrected chi connectivity index (χ2v) is 9.47. The third-order valence-electron chi connectivity index (χ3n) is 5.08. The summed E-state index contributed by atoms with van der Waals surface area (Å²) < 4.78 is 22.4. The van der Waals surface area contributed by atoms with Crippen molar-refractivity contribution < 1.29 is 13.2 Å². The summed E-state index contributed by atoms with van der Waals surface area (Å²) in [6.07, 6.45) is 6.75. The monoisotopic (exact) mass is 316 g/mol. The molecule has 1 amide bonds. The quantitative estimate of drug-likeness (QED) is 0.787. The highest BCUT2D eigenvalue weighted by molar-refractivity contribution is 7.92. The molecule has 6 heteroatoms. The molecule has 1 unspecified atom stereocenters. The molecule has 2 aliphatic rings. The van der Waals surface area contributed by atoms with Gasteiger partial charge in [-0.05, 0) is 59.0 Å². The molecule has 0 N–H and O–H groups in total. The molecule has 0 aromatic rings. The Balaban J connectivity index is 2.01. The van der Waals surface area contributed by atoms with Crippen LogP contribution in [0.1, 0.15) is 46.0 Å². The minimum absolute atomic E-state index is 0.243. The number of amides is 1. The Kier molecular flexibility index (Phi) is 4.98. The predicted octanol–water partition coefficient (Wildman–Crippen LogP) is 1.29. The number of hydrogen-bond acceptors (Lipinski definition) is 4. The lowest BCUT2D eigenvalue weighted by Gasteiger charge is -2.30. The van der Waals surface area contributed by atoms with Crippen LogP contribution in [0.3, 0.4) is 0 Å². The zero-order chi connectivity index (χ0) is 15.7. The van der Waals surface area contributed by atoms with Crippen LogP contribution in [-0.2, 0) is 14.6 Å². The Morgan fingerprint density at radius 2 is 1.62 bits per heavy atom. The standard InChI is InChI=1S/C15H28N2O3S/c1-15(2,21(3,19)20)14(18)17-11-6-7-13(8-12-17)16-9-4-5-10-16/h13H,4-12H2,1-3H3. The van der Waals surface area contributed by atoms with Gasteiger partial charge in [0.1, 0.15) is 4.75 Å². The van der Waals surface area contributed by atoms with Gasteiger partial charge in [-0.2, -0.15) is 0 Å². The second kappa shape index (κ2) is 6.24. The molecule has 2 rings (SSSR count). The molecule has 2 saturated heterocycles. The van der Waals surface area contributed by atoms with E-state index in [2.05, 4.69) is 4.90 Å². The Bertz CT molecular complexity index is 481. The van der Waals surface area contributed by atoms with Crippen LogP contribution in [0.5, 0.6) is 0 Å². The molecule has 0 aliphatic carbocycles. The smallest absolute Gasteiger partial charge is 0.243 e. The first-order chi connectivity index (χ1) is 9.73. The summed E-state index contributed by atoms with van der Waals surface area (Å²) in [6.45, 7) is 6.75. The molecule has 2 heterocycles. The fourth-order valence-electron chi connectivity index (χ4n) is 3.29. The van der Waals surface area contributed by atoms with Crippen LogP contribution in [0.2, 0.25) is 0 Å². The van der Waals surface area contributed by atoms with Crippen LogP contribution >= 0.6 is 0 Å². The van der Waals surface area contributed by atoms with Crippen molar-refractivity contribution in [1.29, 1.82) is 0 Å². The number of likely N-dealkylation sites (tertiary alicyclic amines) is 2. The van der Waals surface area contributed by atoms with Crippen molar-refractivity contribution >= 4 is 15.7 Å². The second-order valence-electron chi connectivity index (χ2n) is 6.90. The summed E-state index contributed by atoms with van der Waals surface area (Å²) in [5.41, 5.74) is 0. The first-order valence-corrected chi connectivity index (χ1v) is 9.85. The van der Waals surface area contributed by atoms with Crippen molar-refractivity contribution in [1.82, 2.24) is 9.80 Å². The van der Waals surface area contributed by atoms with Crippen molar-refractivity contribution in [2.45, 2.75) is 56.7 Å². The van der Waals surface area contributed by atoms with Crippen molar-refractivity contribution in [3.8, 4) is 0 Å². The number of sulfone groups is 1. The summed E-state index contributed by atoms with van der Waals surface area (Å²) in [7, 11) is -3.39. The van der Waals surface area contributed by atoms with Gasteiger partial charge >= 0.3 is 0 Å². The Labute approximate surface area is 128 Å². The van der Waals surface area contributed by atoms with Gasteiger partial charge in [-0.15, -0.1) is 0 Å². The first kappa shape index (κ1) is 16.7. The maximum absolute atomic E-state index is 12.6. The van der Waals surface area contributed by atoms with Crippen molar-refractivity contribution in [3.05, 3.63) is 0 Å². The average molecular weight is 316 g/mol. The third-order valence-corrected chi connectivity index (χ3v) is 7.11. The van der Waals surface area contributed by atoms with Gasteiger partial charge < -0.3 is 9.80 Å². The highest BCUT2D eigenvalue weighted by Crippen LogP contribution is 2.24. The zero-order valence-corrected chi connectivity index (χ0v) is 14.3. The predicted molar refractivity (Wildman–Crippen MR) is 83.9 cm³/mol. The Hall–Kier alpha value is -0.620. The molecule has 0 radical (unpaired) electrons.